The molecule has 90 valence electrons. The molecule has 0 radical (unpaired) electrons. The molecule has 1 aliphatic heterocycles. The van der Waals surface area contributed by atoms with Crippen LogP contribution in [0.2, 0.25) is 0 Å². The van der Waals surface area contributed by atoms with Crippen molar-refractivity contribution in [3.63, 3.8) is 0 Å². The van der Waals surface area contributed by atoms with E-state index in [0.29, 0.717) is 17.9 Å². The van der Waals surface area contributed by atoms with E-state index >= 15 is 0 Å². The fourth-order valence-electron chi connectivity index (χ4n) is 1.79. The topological polar surface area (TPSA) is 47.0 Å². The van der Waals surface area contributed by atoms with Crippen molar-refractivity contribution in [3.8, 4) is 0 Å². The standard InChI is InChI=1S/C11H19N3OS/c1-7(2)10-13-11(16-14-10)12-8(3)9-4-5-15-6-9/h7-9H,4-6H2,1-3H3,(H,12,13,14). The molecule has 1 saturated heterocycles. The van der Waals surface area contributed by atoms with Gasteiger partial charge in [-0.15, -0.1) is 0 Å². The van der Waals surface area contributed by atoms with E-state index in [4.69, 9.17) is 4.74 Å². The first-order valence-corrected chi connectivity index (χ1v) is 6.62. The maximum Gasteiger partial charge on any atom is 0.202 e. The van der Waals surface area contributed by atoms with E-state index in [0.717, 1.165) is 30.6 Å². The summed E-state index contributed by atoms with van der Waals surface area (Å²) < 4.78 is 9.72. The van der Waals surface area contributed by atoms with Crippen LogP contribution < -0.4 is 5.32 Å². The third-order valence-corrected chi connectivity index (χ3v) is 3.64. The Kier molecular flexibility index (Phi) is 3.76. The Morgan fingerprint density at radius 3 is 2.81 bits per heavy atom. The van der Waals surface area contributed by atoms with E-state index in [2.05, 4.69) is 35.4 Å². The highest BCUT2D eigenvalue weighted by Crippen LogP contribution is 2.22. The van der Waals surface area contributed by atoms with Crippen molar-refractivity contribution in [2.45, 2.75) is 39.2 Å². The fraction of sp³-hybridized carbons (Fsp3) is 0.818. The van der Waals surface area contributed by atoms with E-state index in [9.17, 15) is 0 Å². The first-order valence-electron chi connectivity index (χ1n) is 5.84. The number of nitrogens with zero attached hydrogens (tertiary/aromatic N) is 2. The van der Waals surface area contributed by atoms with E-state index in [1.165, 1.54) is 11.5 Å². The predicted molar refractivity (Wildman–Crippen MR) is 66.0 cm³/mol. The minimum Gasteiger partial charge on any atom is -0.381 e. The van der Waals surface area contributed by atoms with E-state index in [1.807, 2.05) is 0 Å². The predicted octanol–water partition coefficient (Wildman–Crippen LogP) is 2.50. The lowest BCUT2D eigenvalue weighted by Gasteiger charge is -2.17. The van der Waals surface area contributed by atoms with Gasteiger partial charge in [0.15, 0.2) is 0 Å². The van der Waals surface area contributed by atoms with Gasteiger partial charge in [-0.3, -0.25) is 0 Å². The van der Waals surface area contributed by atoms with Gasteiger partial charge in [-0.05, 0) is 13.3 Å². The molecule has 0 aromatic carbocycles. The molecule has 2 rings (SSSR count). The highest BCUT2D eigenvalue weighted by atomic mass is 32.1. The van der Waals surface area contributed by atoms with Gasteiger partial charge in [0.2, 0.25) is 5.13 Å². The number of rotatable bonds is 4. The van der Waals surface area contributed by atoms with Crippen molar-refractivity contribution >= 4 is 16.7 Å². The molecule has 0 spiro atoms. The fourth-order valence-corrected chi connectivity index (χ4v) is 2.59. The summed E-state index contributed by atoms with van der Waals surface area (Å²) in [6.07, 6.45) is 1.14. The lowest BCUT2D eigenvalue weighted by Crippen LogP contribution is -2.26. The van der Waals surface area contributed by atoms with Crippen LogP contribution in [0.4, 0.5) is 5.13 Å². The molecule has 2 unspecified atom stereocenters. The molecule has 1 aromatic rings. The second-order valence-corrected chi connectivity index (χ2v) is 5.42. The highest BCUT2D eigenvalue weighted by Gasteiger charge is 2.23. The second kappa shape index (κ2) is 5.10. The largest absolute Gasteiger partial charge is 0.381 e. The Morgan fingerprint density at radius 1 is 1.44 bits per heavy atom. The van der Waals surface area contributed by atoms with Gasteiger partial charge in [0.25, 0.3) is 0 Å². The lowest BCUT2D eigenvalue weighted by molar-refractivity contribution is 0.183. The number of anilines is 1. The maximum absolute atomic E-state index is 5.39. The highest BCUT2D eigenvalue weighted by molar-refractivity contribution is 7.09. The van der Waals surface area contributed by atoms with Crippen LogP contribution in [-0.4, -0.2) is 28.6 Å². The minimum atomic E-state index is 0.400. The third kappa shape index (κ3) is 2.71. The number of aromatic nitrogens is 2. The van der Waals surface area contributed by atoms with Crippen LogP contribution >= 0.6 is 11.5 Å². The van der Waals surface area contributed by atoms with Crippen molar-refractivity contribution in [1.29, 1.82) is 0 Å². The number of hydrogen-bond donors (Lipinski definition) is 1. The van der Waals surface area contributed by atoms with Crippen molar-refractivity contribution in [1.82, 2.24) is 9.36 Å². The SMILES string of the molecule is CC(C)c1nsc(NC(C)C2CCOC2)n1. The second-order valence-electron chi connectivity index (χ2n) is 4.67. The van der Waals surface area contributed by atoms with Crippen LogP contribution in [0.5, 0.6) is 0 Å². The van der Waals surface area contributed by atoms with Crippen LogP contribution in [0.25, 0.3) is 0 Å². The van der Waals surface area contributed by atoms with Crippen LogP contribution in [0.1, 0.15) is 38.9 Å². The van der Waals surface area contributed by atoms with Crippen molar-refractivity contribution in [2.75, 3.05) is 18.5 Å². The van der Waals surface area contributed by atoms with Crippen LogP contribution in [-0.2, 0) is 4.74 Å². The smallest absolute Gasteiger partial charge is 0.202 e. The molecule has 1 aromatic heterocycles. The van der Waals surface area contributed by atoms with Gasteiger partial charge in [-0.2, -0.15) is 4.37 Å². The van der Waals surface area contributed by atoms with Gasteiger partial charge in [0.1, 0.15) is 5.82 Å². The van der Waals surface area contributed by atoms with Gasteiger partial charge < -0.3 is 10.1 Å². The zero-order valence-corrected chi connectivity index (χ0v) is 10.9. The summed E-state index contributed by atoms with van der Waals surface area (Å²) in [5.74, 6) is 1.94. The van der Waals surface area contributed by atoms with Crippen LogP contribution in [0.15, 0.2) is 0 Å². The molecule has 0 amide bonds. The molecule has 1 fully saturated rings. The zero-order chi connectivity index (χ0) is 11.5. The molecular weight excluding hydrogens is 222 g/mol. The maximum atomic E-state index is 5.39. The number of nitrogens with one attached hydrogen (secondary N) is 1. The third-order valence-electron chi connectivity index (χ3n) is 2.98. The van der Waals surface area contributed by atoms with E-state index < -0.39 is 0 Å². The van der Waals surface area contributed by atoms with Crippen molar-refractivity contribution < 1.29 is 4.74 Å². The first-order chi connectivity index (χ1) is 7.66. The van der Waals surface area contributed by atoms with E-state index in [-0.39, 0.29) is 0 Å². The molecule has 2 heterocycles. The average Bonchev–Trinajstić information content (AvgIpc) is 2.87. The Morgan fingerprint density at radius 2 is 2.25 bits per heavy atom. The molecule has 0 saturated carbocycles. The number of ether oxygens (including phenoxy) is 1. The van der Waals surface area contributed by atoms with Gasteiger partial charge in [-0.1, -0.05) is 13.8 Å². The number of hydrogen-bond acceptors (Lipinski definition) is 5. The summed E-state index contributed by atoms with van der Waals surface area (Å²) in [4.78, 5) is 4.48. The van der Waals surface area contributed by atoms with Crippen molar-refractivity contribution in [3.05, 3.63) is 5.82 Å². The molecule has 0 bridgehead atoms. The molecule has 4 nitrogen and oxygen atoms in total. The summed E-state index contributed by atoms with van der Waals surface area (Å²) in [5, 5.41) is 4.36. The molecule has 5 heteroatoms. The normalized spacial score (nSPS) is 22.6. The molecule has 1 aliphatic rings. The van der Waals surface area contributed by atoms with Crippen molar-refractivity contribution in [2.24, 2.45) is 5.92 Å². The Hall–Kier alpha value is -0.680. The quantitative estimate of drug-likeness (QED) is 0.880. The van der Waals surface area contributed by atoms with Gasteiger partial charge in [0, 0.05) is 36.0 Å². The zero-order valence-electron chi connectivity index (χ0n) is 10.1. The monoisotopic (exact) mass is 241 g/mol. The first kappa shape index (κ1) is 11.8. The summed E-state index contributed by atoms with van der Waals surface area (Å²) in [6.45, 7) is 8.17. The minimum absolute atomic E-state index is 0.400. The van der Waals surface area contributed by atoms with Gasteiger partial charge in [0.05, 0.1) is 6.61 Å². The summed E-state index contributed by atoms with van der Waals surface area (Å²) in [5.41, 5.74) is 0. The van der Waals surface area contributed by atoms with E-state index in [1.54, 1.807) is 0 Å². The molecular formula is C11H19N3OS. The lowest BCUT2D eigenvalue weighted by atomic mass is 10.0. The molecule has 16 heavy (non-hydrogen) atoms. The molecule has 1 N–H and O–H groups in total. The van der Waals surface area contributed by atoms with Gasteiger partial charge in [-0.25, -0.2) is 4.98 Å². The summed E-state index contributed by atoms with van der Waals surface area (Å²) in [7, 11) is 0. The average molecular weight is 241 g/mol. The summed E-state index contributed by atoms with van der Waals surface area (Å²) in [6, 6.07) is 0.412. The Balaban J connectivity index is 1.92. The Labute approximate surface area is 101 Å². The molecule has 2 atom stereocenters. The van der Waals surface area contributed by atoms with Crippen LogP contribution in [0.3, 0.4) is 0 Å². The van der Waals surface area contributed by atoms with Crippen LogP contribution in [0, 0.1) is 5.92 Å². The molecule has 0 aliphatic carbocycles. The van der Waals surface area contributed by atoms with Gasteiger partial charge >= 0.3 is 0 Å². The summed E-state index contributed by atoms with van der Waals surface area (Å²) >= 11 is 1.45. The Bertz CT molecular complexity index is 334.